The number of nitrogens with zero attached hydrogens (tertiary/aromatic N) is 1. The molecule has 19 heavy (non-hydrogen) atoms. The van der Waals surface area contributed by atoms with Gasteiger partial charge in [0.2, 0.25) is 0 Å². The Labute approximate surface area is 114 Å². The highest BCUT2D eigenvalue weighted by Crippen LogP contribution is 2.22. The van der Waals surface area contributed by atoms with Crippen molar-refractivity contribution in [3.8, 4) is 0 Å². The molecule has 0 aliphatic carbocycles. The summed E-state index contributed by atoms with van der Waals surface area (Å²) < 4.78 is 5.13. The van der Waals surface area contributed by atoms with Gasteiger partial charge in [0.25, 0.3) is 5.91 Å². The van der Waals surface area contributed by atoms with Crippen molar-refractivity contribution in [1.82, 2.24) is 10.3 Å². The molecule has 2 heterocycles. The molecular weight excluding hydrogens is 272 g/mol. The van der Waals surface area contributed by atoms with Gasteiger partial charge in [0.1, 0.15) is 11.2 Å². The highest BCUT2D eigenvalue weighted by Gasteiger charge is 2.41. The number of aromatic nitrogens is 1. The van der Waals surface area contributed by atoms with Crippen LogP contribution in [-0.4, -0.2) is 40.7 Å². The van der Waals surface area contributed by atoms with E-state index in [-0.39, 0.29) is 18.5 Å². The molecule has 7 heteroatoms. The van der Waals surface area contributed by atoms with Gasteiger partial charge in [-0.1, -0.05) is 11.6 Å². The van der Waals surface area contributed by atoms with Crippen LogP contribution in [0.2, 0.25) is 5.02 Å². The predicted octanol–water partition coefficient (Wildman–Crippen LogP) is 1.10. The first kappa shape index (κ1) is 13.8. The van der Waals surface area contributed by atoms with Gasteiger partial charge in [0.05, 0.1) is 0 Å². The zero-order chi connectivity index (χ0) is 13.9. The number of hydrogen-bond donors (Lipinski definition) is 2. The quantitative estimate of drug-likeness (QED) is 0.868. The van der Waals surface area contributed by atoms with Crippen molar-refractivity contribution in [3.63, 3.8) is 0 Å². The van der Waals surface area contributed by atoms with E-state index < -0.39 is 17.4 Å². The van der Waals surface area contributed by atoms with E-state index in [9.17, 15) is 14.7 Å². The summed E-state index contributed by atoms with van der Waals surface area (Å²) in [5.74, 6) is -1.61. The van der Waals surface area contributed by atoms with E-state index >= 15 is 0 Å². The molecule has 2 N–H and O–H groups in total. The van der Waals surface area contributed by atoms with Gasteiger partial charge in [-0.2, -0.15) is 0 Å². The molecule has 0 spiro atoms. The number of pyridine rings is 1. The third-order valence-corrected chi connectivity index (χ3v) is 3.30. The van der Waals surface area contributed by atoms with Crippen molar-refractivity contribution in [3.05, 3.63) is 29.0 Å². The molecule has 1 aliphatic rings. The van der Waals surface area contributed by atoms with Crippen LogP contribution >= 0.6 is 11.6 Å². The second-order valence-corrected chi connectivity index (χ2v) is 4.75. The number of carboxylic acids is 1. The van der Waals surface area contributed by atoms with Crippen LogP contribution < -0.4 is 5.32 Å². The normalized spacial score (nSPS) is 17.7. The van der Waals surface area contributed by atoms with Gasteiger partial charge in [-0.3, -0.25) is 9.78 Å². The lowest BCUT2D eigenvalue weighted by atomic mass is 9.90. The minimum atomic E-state index is -1.29. The number of amides is 1. The van der Waals surface area contributed by atoms with Gasteiger partial charge in [-0.25, -0.2) is 4.79 Å². The molecule has 102 valence electrons. The molecular formula is C12H13ClN2O4. The van der Waals surface area contributed by atoms with Gasteiger partial charge < -0.3 is 15.2 Å². The summed E-state index contributed by atoms with van der Waals surface area (Å²) in [6, 6.07) is 2.94. The lowest BCUT2D eigenvalue weighted by Gasteiger charge is -2.33. The first-order valence-corrected chi connectivity index (χ1v) is 6.16. The molecule has 1 saturated heterocycles. The van der Waals surface area contributed by atoms with E-state index in [1.165, 1.54) is 12.3 Å². The monoisotopic (exact) mass is 284 g/mol. The standard InChI is InChI=1S/C12H13ClN2O4/c13-8-1-4-14-9(7-8)10(16)15-12(11(17)18)2-5-19-6-3-12/h1,4,7H,2-3,5-6H2,(H,15,16)(H,17,18). The number of rotatable bonds is 3. The van der Waals surface area contributed by atoms with Crippen molar-refractivity contribution in [1.29, 1.82) is 0 Å². The largest absolute Gasteiger partial charge is 0.480 e. The summed E-state index contributed by atoms with van der Waals surface area (Å²) in [6.07, 6.45) is 1.86. The molecule has 1 aromatic heterocycles. The maximum Gasteiger partial charge on any atom is 0.329 e. The van der Waals surface area contributed by atoms with Crippen molar-refractivity contribution >= 4 is 23.5 Å². The fourth-order valence-electron chi connectivity index (χ4n) is 1.92. The van der Waals surface area contributed by atoms with Crippen molar-refractivity contribution in [2.45, 2.75) is 18.4 Å². The van der Waals surface area contributed by atoms with Gasteiger partial charge in [0, 0.05) is 37.3 Å². The molecule has 1 fully saturated rings. The van der Waals surface area contributed by atoms with Crippen molar-refractivity contribution in [2.75, 3.05) is 13.2 Å². The molecule has 0 unspecified atom stereocenters. The molecule has 0 aromatic carbocycles. The van der Waals surface area contributed by atoms with Crippen LogP contribution in [0, 0.1) is 0 Å². The molecule has 0 bridgehead atoms. The molecule has 1 aromatic rings. The van der Waals surface area contributed by atoms with E-state index in [0.717, 1.165) is 0 Å². The number of carboxylic acid groups (broad SMARTS) is 1. The van der Waals surface area contributed by atoms with E-state index in [4.69, 9.17) is 16.3 Å². The number of carbonyl (C=O) groups excluding carboxylic acids is 1. The summed E-state index contributed by atoms with van der Waals surface area (Å²) >= 11 is 5.77. The summed E-state index contributed by atoms with van der Waals surface area (Å²) in [5.41, 5.74) is -1.20. The topological polar surface area (TPSA) is 88.5 Å². The number of nitrogens with one attached hydrogen (secondary N) is 1. The summed E-state index contributed by atoms with van der Waals surface area (Å²) in [6.45, 7) is 0.602. The Morgan fingerprint density at radius 3 is 2.68 bits per heavy atom. The van der Waals surface area contributed by atoms with Crippen molar-refractivity contribution < 1.29 is 19.4 Å². The number of halogens is 1. The molecule has 0 atom stereocenters. The summed E-state index contributed by atoms with van der Waals surface area (Å²) in [5, 5.41) is 12.2. The third kappa shape index (κ3) is 3.02. The number of hydrogen-bond acceptors (Lipinski definition) is 4. The molecule has 1 amide bonds. The Hall–Kier alpha value is -1.66. The van der Waals surface area contributed by atoms with Crippen LogP contribution in [0.25, 0.3) is 0 Å². The maximum atomic E-state index is 12.0. The highest BCUT2D eigenvalue weighted by atomic mass is 35.5. The molecule has 1 aliphatic heterocycles. The zero-order valence-electron chi connectivity index (χ0n) is 10.1. The van der Waals surface area contributed by atoms with Crippen LogP contribution in [0.3, 0.4) is 0 Å². The minimum Gasteiger partial charge on any atom is -0.480 e. The minimum absolute atomic E-state index is 0.0969. The second-order valence-electron chi connectivity index (χ2n) is 4.31. The van der Waals surface area contributed by atoms with Crippen LogP contribution in [0.1, 0.15) is 23.3 Å². The average molecular weight is 285 g/mol. The molecule has 0 radical (unpaired) electrons. The van der Waals surface area contributed by atoms with Crippen LogP contribution in [0.4, 0.5) is 0 Å². The fraction of sp³-hybridized carbons (Fsp3) is 0.417. The van der Waals surface area contributed by atoms with Gasteiger partial charge in [-0.15, -0.1) is 0 Å². The second kappa shape index (κ2) is 5.54. The van der Waals surface area contributed by atoms with E-state index in [1.54, 1.807) is 6.07 Å². The summed E-state index contributed by atoms with van der Waals surface area (Å²) in [7, 11) is 0. The van der Waals surface area contributed by atoms with Gasteiger partial charge in [-0.05, 0) is 12.1 Å². The Morgan fingerprint density at radius 2 is 2.11 bits per heavy atom. The smallest absolute Gasteiger partial charge is 0.329 e. The van der Waals surface area contributed by atoms with Crippen LogP contribution in [0.5, 0.6) is 0 Å². The number of ether oxygens (including phenoxy) is 1. The lowest BCUT2D eigenvalue weighted by molar-refractivity contribution is -0.148. The number of carbonyl (C=O) groups is 2. The predicted molar refractivity (Wildman–Crippen MR) is 67.1 cm³/mol. The van der Waals surface area contributed by atoms with E-state index in [2.05, 4.69) is 10.3 Å². The Morgan fingerprint density at radius 1 is 1.42 bits per heavy atom. The zero-order valence-corrected chi connectivity index (χ0v) is 10.8. The summed E-state index contributed by atoms with van der Waals surface area (Å²) in [4.78, 5) is 27.3. The van der Waals surface area contributed by atoms with E-state index in [1.807, 2.05) is 0 Å². The molecule has 6 nitrogen and oxygen atoms in total. The van der Waals surface area contributed by atoms with Crippen LogP contribution in [0.15, 0.2) is 18.3 Å². The lowest BCUT2D eigenvalue weighted by Crippen LogP contribution is -2.57. The third-order valence-electron chi connectivity index (χ3n) is 3.06. The molecule has 2 rings (SSSR count). The average Bonchev–Trinajstić information content (AvgIpc) is 2.39. The SMILES string of the molecule is O=C(NC1(C(=O)O)CCOCC1)c1cc(Cl)ccn1. The Balaban J connectivity index is 2.18. The van der Waals surface area contributed by atoms with Crippen molar-refractivity contribution in [2.24, 2.45) is 0 Å². The number of aliphatic carboxylic acids is 1. The highest BCUT2D eigenvalue weighted by molar-refractivity contribution is 6.30. The Kier molecular flexibility index (Phi) is 4.01. The molecule has 0 saturated carbocycles. The maximum absolute atomic E-state index is 12.0. The van der Waals surface area contributed by atoms with E-state index in [0.29, 0.717) is 18.2 Å². The first-order valence-electron chi connectivity index (χ1n) is 5.79. The first-order chi connectivity index (χ1) is 9.03. The van der Waals surface area contributed by atoms with Gasteiger partial charge in [0.15, 0.2) is 0 Å². The van der Waals surface area contributed by atoms with Gasteiger partial charge >= 0.3 is 5.97 Å². The van der Waals surface area contributed by atoms with Crippen LogP contribution in [-0.2, 0) is 9.53 Å². The Bertz CT molecular complexity index is 500. The fourth-order valence-corrected chi connectivity index (χ4v) is 2.08.